The average Bonchev–Trinajstić information content (AvgIpc) is 2.97. The molecule has 0 saturated heterocycles. The minimum absolute atomic E-state index is 0.319. The highest BCUT2D eigenvalue weighted by atomic mass is 32.1. The van der Waals surface area contributed by atoms with Gasteiger partial charge in [0.1, 0.15) is 9.88 Å². The van der Waals surface area contributed by atoms with Crippen molar-refractivity contribution in [2.75, 3.05) is 0 Å². The van der Waals surface area contributed by atoms with Crippen LogP contribution >= 0.6 is 11.3 Å². The Labute approximate surface area is 126 Å². The molecule has 0 radical (unpaired) electrons. The molecule has 2 aromatic heterocycles. The summed E-state index contributed by atoms with van der Waals surface area (Å²) in [7, 11) is 2.04. The fourth-order valence-electron chi connectivity index (χ4n) is 2.80. The first-order valence-electron chi connectivity index (χ1n) is 6.82. The van der Waals surface area contributed by atoms with Crippen LogP contribution < -0.4 is 0 Å². The topological polar surface area (TPSA) is 55.1 Å². The lowest BCUT2D eigenvalue weighted by molar-refractivity contribution is 0.0701. The van der Waals surface area contributed by atoms with Crippen LogP contribution in [0.4, 0.5) is 0 Å². The van der Waals surface area contributed by atoms with Crippen molar-refractivity contribution in [2.45, 2.75) is 20.3 Å². The van der Waals surface area contributed by atoms with Crippen molar-refractivity contribution in [3.8, 4) is 10.6 Å². The zero-order valence-corrected chi connectivity index (χ0v) is 13.0. The number of rotatable bonds is 3. The first kappa shape index (κ1) is 13.8. The maximum absolute atomic E-state index is 11.3. The van der Waals surface area contributed by atoms with Gasteiger partial charge < -0.3 is 9.67 Å². The highest BCUT2D eigenvalue weighted by Gasteiger charge is 2.21. The summed E-state index contributed by atoms with van der Waals surface area (Å²) in [5, 5.41) is 11.2. The number of fused-ring (bicyclic) bond motifs is 1. The number of thiazole rings is 1. The van der Waals surface area contributed by atoms with Gasteiger partial charge in [-0.1, -0.05) is 25.1 Å². The van der Waals surface area contributed by atoms with E-state index in [1.54, 1.807) is 6.92 Å². The van der Waals surface area contributed by atoms with Gasteiger partial charge in [0.15, 0.2) is 0 Å². The number of carbonyl (C=O) groups is 1. The Bertz CT molecular complexity index is 845. The van der Waals surface area contributed by atoms with Crippen LogP contribution in [0.5, 0.6) is 0 Å². The number of nitrogens with zero attached hydrogens (tertiary/aromatic N) is 2. The fraction of sp³-hybridized carbons (Fsp3) is 0.250. The summed E-state index contributed by atoms with van der Waals surface area (Å²) in [5.41, 5.74) is 3.98. The molecule has 1 aromatic carbocycles. The number of aromatic carboxylic acids is 1. The Morgan fingerprint density at radius 3 is 2.71 bits per heavy atom. The monoisotopic (exact) mass is 300 g/mol. The van der Waals surface area contributed by atoms with Crippen molar-refractivity contribution < 1.29 is 9.90 Å². The van der Waals surface area contributed by atoms with Crippen LogP contribution in [0, 0.1) is 6.92 Å². The van der Waals surface area contributed by atoms with Crippen molar-refractivity contribution in [3.05, 3.63) is 40.5 Å². The lowest BCUT2D eigenvalue weighted by Gasteiger charge is -2.02. The van der Waals surface area contributed by atoms with Gasteiger partial charge in [-0.2, -0.15) is 0 Å². The zero-order chi connectivity index (χ0) is 15.1. The van der Waals surface area contributed by atoms with Gasteiger partial charge in [0.05, 0.1) is 5.69 Å². The molecule has 21 heavy (non-hydrogen) atoms. The lowest BCUT2D eigenvalue weighted by atomic mass is 10.1. The van der Waals surface area contributed by atoms with Gasteiger partial charge in [-0.25, -0.2) is 9.78 Å². The Kier molecular flexibility index (Phi) is 3.29. The Morgan fingerprint density at radius 1 is 1.38 bits per heavy atom. The second kappa shape index (κ2) is 5.00. The predicted molar refractivity (Wildman–Crippen MR) is 85.1 cm³/mol. The first-order chi connectivity index (χ1) is 10.0. The summed E-state index contributed by atoms with van der Waals surface area (Å²) < 4.78 is 2.17. The minimum Gasteiger partial charge on any atom is -0.477 e. The molecule has 0 fully saturated rings. The second-order valence-corrected chi connectivity index (χ2v) is 5.99. The van der Waals surface area contributed by atoms with E-state index in [1.807, 2.05) is 19.2 Å². The van der Waals surface area contributed by atoms with Crippen LogP contribution in [0.25, 0.3) is 21.5 Å². The normalized spacial score (nSPS) is 11.2. The SMILES string of the molecule is CCc1c(-c2nc(C)c(C(=O)O)s2)c2ccccc2n1C. The van der Waals surface area contributed by atoms with Gasteiger partial charge in [0.25, 0.3) is 0 Å². The third-order valence-corrected chi connectivity index (χ3v) is 4.93. The van der Waals surface area contributed by atoms with Crippen LogP contribution in [0.3, 0.4) is 0 Å². The number of benzene rings is 1. The number of carboxylic acid groups (broad SMARTS) is 1. The number of para-hydroxylation sites is 1. The van der Waals surface area contributed by atoms with Crippen LogP contribution in [0.15, 0.2) is 24.3 Å². The van der Waals surface area contributed by atoms with Gasteiger partial charge in [-0.3, -0.25) is 0 Å². The molecule has 2 heterocycles. The molecule has 5 heteroatoms. The maximum atomic E-state index is 11.3. The summed E-state index contributed by atoms with van der Waals surface area (Å²) in [5.74, 6) is -0.908. The summed E-state index contributed by atoms with van der Waals surface area (Å²) in [6.07, 6.45) is 0.877. The number of aryl methyl sites for hydroxylation is 2. The van der Waals surface area contributed by atoms with Crippen LogP contribution in [0.2, 0.25) is 0 Å². The molecule has 3 rings (SSSR count). The first-order valence-corrected chi connectivity index (χ1v) is 7.63. The molecule has 0 aliphatic carbocycles. The van der Waals surface area contributed by atoms with E-state index < -0.39 is 5.97 Å². The van der Waals surface area contributed by atoms with Gasteiger partial charge in [-0.15, -0.1) is 11.3 Å². The highest BCUT2D eigenvalue weighted by Crippen LogP contribution is 2.37. The van der Waals surface area contributed by atoms with Gasteiger partial charge in [0, 0.05) is 29.2 Å². The molecule has 0 spiro atoms. The van der Waals surface area contributed by atoms with Crippen molar-refractivity contribution in [1.82, 2.24) is 9.55 Å². The molecule has 3 aromatic rings. The van der Waals surface area contributed by atoms with Crippen LogP contribution in [0.1, 0.15) is 28.0 Å². The number of hydrogen-bond acceptors (Lipinski definition) is 3. The van der Waals surface area contributed by atoms with Gasteiger partial charge in [0.2, 0.25) is 0 Å². The third kappa shape index (κ3) is 2.05. The Balaban J connectivity index is 2.34. The quantitative estimate of drug-likeness (QED) is 0.799. The van der Waals surface area contributed by atoms with E-state index >= 15 is 0 Å². The summed E-state index contributed by atoms with van der Waals surface area (Å²) in [6, 6.07) is 8.17. The molecule has 0 aliphatic rings. The summed E-state index contributed by atoms with van der Waals surface area (Å²) in [4.78, 5) is 16.1. The van der Waals surface area contributed by atoms with Crippen molar-refractivity contribution >= 4 is 28.2 Å². The van der Waals surface area contributed by atoms with E-state index in [9.17, 15) is 9.90 Å². The summed E-state index contributed by atoms with van der Waals surface area (Å²) >= 11 is 1.25. The second-order valence-electron chi connectivity index (χ2n) is 4.99. The standard InChI is InChI=1S/C16H16N2O2S/c1-4-11-13(10-7-5-6-8-12(10)18(11)3)15-17-9(2)14(21-15)16(19)20/h5-8H,4H2,1-3H3,(H,19,20). The van der Waals surface area contributed by atoms with E-state index in [0.29, 0.717) is 10.6 Å². The summed E-state index contributed by atoms with van der Waals surface area (Å²) in [6.45, 7) is 3.86. The van der Waals surface area contributed by atoms with Crippen molar-refractivity contribution in [3.63, 3.8) is 0 Å². The zero-order valence-electron chi connectivity index (χ0n) is 12.2. The highest BCUT2D eigenvalue weighted by molar-refractivity contribution is 7.17. The van der Waals surface area contributed by atoms with Gasteiger partial charge in [-0.05, 0) is 19.4 Å². The number of hydrogen-bond donors (Lipinski definition) is 1. The van der Waals surface area contributed by atoms with E-state index in [4.69, 9.17) is 0 Å². The smallest absolute Gasteiger partial charge is 0.347 e. The van der Waals surface area contributed by atoms with E-state index in [2.05, 4.69) is 28.6 Å². The lowest BCUT2D eigenvalue weighted by Crippen LogP contribution is -1.95. The van der Waals surface area contributed by atoms with Gasteiger partial charge >= 0.3 is 5.97 Å². The largest absolute Gasteiger partial charge is 0.477 e. The molecule has 4 nitrogen and oxygen atoms in total. The molecule has 1 N–H and O–H groups in total. The van der Waals surface area contributed by atoms with Crippen LogP contribution in [-0.2, 0) is 13.5 Å². The molecule has 0 unspecified atom stereocenters. The van der Waals surface area contributed by atoms with Crippen molar-refractivity contribution in [2.24, 2.45) is 7.05 Å². The minimum atomic E-state index is -0.908. The number of carboxylic acids is 1. The molecular formula is C16H16N2O2S. The predicted octanol–water partition coefficient (Wildman–Crippen LogP) is 3.87. The molecule has 0 aliphatic heterocycles. The average molecular weight is 300 g/mol. The van der Waals surface area contributed by atoms with E-state index in [0.717, 1.165) is 27.9 Å². The molecule has 0 atom stereocenters. The molecule has 0 bridgehead atoms. The molecule has 0 amide bonds. The van der Waals surface area contributed by atoms with E-state index in [-0.39, 0.29) is 0 Å². The maximum Gasteiger partial charge on any atom is 0.347 e. The Hall–Kier alpha value is -2.14. The third-order valence-electron chi connectivity index (χ3n) is 3.77. The van der Waals surface area contributed by atoms with E-state index in [1.165, 1.54) is 17.0 Å². The van der Waals surface area contributed by atoms with Crippen molar-refractivity contribution in [1.29, 1.82) is 0 Å². The molecular weight excluding hydrogens is 284 g/mol. The molecule has 108 valence electrons. The number of aromatic nitrogens is 2. The molecule has 0 saturated carbocycles. The fourth-order valence-corrected chi connectivity index (χ4v) is 3.79. The van der Waals surface area contributed by atoms with Crippen LogP contribution in [-0.4, -0.2) is 20.6 Å². The Morgan fingerprint density at radius 2 is 2.10 bits per heavy atom.